The molecule has 0 saturated heterocycles. The summed E-state index contributed by atoms with van der Waals surface area (Å²) in [5.74, 6) is -0.186. The van der Waals surface area contributed by atoms with Crippen LogP contribution in [0.5, 0.6) is 0 Å². The molecule has 1 aromatic rings. The lowest BCUT2D eigenvalue weighted by atomic mass is 9.81. The number of nitrogens with zero attached hydrogens (tertiary/aromatic N) is 1. The van der Waals surface area contributed by atoms with Gasteiger partial charge in [0.05, 0.1) is 12.8 Å². The summed E-state index contributed by atoms with van der Waals surface area (Å²) in [7, 11) is 1.19. The number of rotatable bonds is 3. The molecular weight excluding hydrogens is 275 g/mol. The number of halogens is 1. The number of esters is 1. The van der Waals surface area contributed by atoms with Gasteiger partial charge in [0.2, 0.25) is 5.67 Å². The molecule has 0 spiro atoms. The molecule has 1 aromatic heterocycles. The third kappa shape index (κ3) is 2.34. The van der Waals surface area contributed by atoms with Crippen LogP contribution in [0.25, 0.3) is 0 Å². The Bertz CT molecular complexity index is 590. The van der Waals surface area contributed by atoms with Crippen LogP contribution in [0.1, 0.15) is 36.6 Å². The highest BCUT2D eigenvalue weighted by Gasteiger charge is 2.48. The van der Waals surface area contributed by atoms with E-state index in [1.807, 2.05) is 6.08 Å². The Morgan fingerprint density at radius 1 is 1.57 bits per heavy atom. The number of ether oxygens (including phenoxy) is 2. The van der Waals surface area contributed by atoms with Gasteiger partial charge in [-0.2, -0.15) is 0 Å². The molecular formula is C15H17FN2O3. The summed E-state index contributed by atoms with van der Waals surface area (Å²) in [4.78, 5) is 16.0. The quantitative estimate of drug-likeness (QED) is 0.865. The molecule has 1 aliphatic carbocycles. The van der Waals surface area contributed by atoms with E-state index >= 15 is 4.39 Å². The number of nitrogens with one attached hydrogen (secondary N) is 1. The SMILES string of the molecule is COC(=O)[C@@]1(F)CC[C@H](OC2=CCCN2)c2ncccc21. The van der Waals surface area contributed by atoms with Crippen molar-refractivity contribution in [1.82, 2.24) is 10.3 Å². The minimum Gasteiger partial charge on any atom is -0.470 e. The molecule has 5 nitrogen and oxygen atoms in total. The zero-order valence-corrected chi connectivity index (χ0v) is 11.8. The number of hydrogen-bond donors (Lipinski definition) is 1. The Morgan fingerprint density at radius 3 is 3.14 bits per heavy atom. The van der Waals surface area contributed by atoms with E-state index in [0.717, 1.165) is 13.0 Å². The third-order valence-electron chi connectivity index (χ3n) is 3.87. The molecule has 0 amide bonds. The number of aromatic nitrogens is 1. The summed E-state index contributed by atoms with van der Waals surface area (Å²) >= 11 is 0. The summed E-state index contributed by atoms with van der Waals surface area (Å²) < 4.78 is 25.5. The molecule has 0 bridgehead atoms. The average Bonchev–Trinajstić information content (AvgIpc) is 3.02. The maximum absolute atomic E-state index is 15.0. The standard InChI is InChI=1S/C15H17FN2O3/c1-20-14(19)15(16)7-6-11(21-12-5-3-8-17-12)13-10(15)4-2-9-18-13/h2,4-5,9,11,17H,3,6-8H2,1H3/t11-,15+/m0/s1. The molecule has 0 aromatic carbocycles. The molecule has 2 atom stereocenters. The van der Waals surface area contributed by atoms with Crippen LogP contribution in [-0.2, 0) is 19.9 Å². The van der Waals surface area contributed by atoms with Crippen molar-refractivity contribution in [3.8, 4) is 0 Å². The van der Waals surface area contributed by atoms with Crippen molar-refractivity contribution in [3.05, 3.63) is 41.5 Å². The highest BCUT2D eigenvalue weighted by molar-refractivity contribution is 5.82. The Labute approximate surface area is 122 Å². The van der Waals surface area contributed by atoms with Crippen LogP contribution in [0.15, 0.2) is 30.3 Å². The molecule has 0 saturated carbocycles. The van der Waals surface area contributed by atoms with Gasteiger partial charge in [-0.05, 0) is 25.0 Å². The van der Waals surface area contributed by atoms with Crippen LogP contribution < -0.4 is 5.32 Å². The van der Waals surface area contributed by atoms with Gasteiger partial charge in [0.25, 0.3) is 0 Å². The minimum atomic E-state index is -2.14. The van der Waals surface area contributed by atoms with Gasteiger partial charge < -0.3 is 14.8 Å². The minimum absolute atomic E-state index is 0.0241. The van der Waals surface area contributed by atoms with Gasteiger partial charge in [-0.3, -0.25) is 4.98 Å². The Morgan fingerprint density at radius 2 is 2.43 bits per heavy atom. The molecule has 2 aliphatic rings. The Hall–Kier alpha value is -2.11. The van der Waals surface area contributed by atoms with Gasteiger partial charge in [0.15, 0.2) is 5.88 Å². The van der Waals surface area contributed by atoms with E-state index in [9.17, 15) is 4.79 Å². The van der Waals surface area contributed by atoms with Gasteiger partial charge in [-0.1, -0.05) is 6.07 Å². The molecule has 1 aliphatic heterocycles. The predicted molar refractivity (Wildman–Crippen MR) is 72.8 cm³/mol. The van der Waals surface area contributed by atoms with E-state index in [4.69, 9.17) is 4.74 Å². The molecule has 2 heterocycles. The van der Waals surface area contributed by atoms with Gasteiger partial charge in [0, 0.05) is 24.7 Å². The topological polar surface area (TPSA) is 60.5 Å². The Kier molecular flexibility index (Phi) is 3.53. The van der Waals surface area contributed by atoms with Crippen molar-refractivity contribution >= 4 is 5.97 Å². The monoisotopic (exact) mass is 292 g/mol. The highest BCUT2D eigenvalue weighted by Crippen LogP contribution is 2.44. The zero-order valence-electron chi connectivity index (χ0n) is 11.8. The van der Waals surface area contributed by atoms with Crippen molar-refractivity contribution < 1.29 is 18.7 Å². The van der Waals surface area contributed by atoms with Crippen molar-refractivity contribution in [1.29, 1.82) is 0 Å². The number of alkyl halides is 1. The largest absolute Gasteiger partial charge is 0.470 e. The van der Waals surface area contributed by atoms with E-state index in [1.165, 1.54) is 7.11 Å². The van der Waals surface area contributed by atoms with Crippen LogP contribution in [0.3, 0.4) is 0 Å². The summed E-state index contributed by atoms with van der Waals surface area (Å²) in [6, 6.07) is 3.19. The first-order valence-corrected chi connectivity index (χ1v) is 6.98. The van der Waals surface area contributed by atoms with Gasteiger partial charge in [-0.15, -0.1) is 0 Å². The van der Waals surface area contributed by atoms with Gasteiger partial charge >= 0.3 is 5.97 Å². The number of carbonyl (C=O) groups excluding carboxylic acids is 1. The molecule has 0 radical (unpaired) electrons. The zero-order chi connectivity index (χ0) is 14.9. The maximum Gasteiger partial charge on any atom is 0.348 e. The summed E-state index contributed by atoms with van der Waals surface area (Å²) in [6.45, 7) is 0.840. The normalized spacial score (nSPS) is 27.3. The lowest BCUT2D eigenvalue weighted by Crippen LogP contribution is -2.38. The molecule has 6 heteroatoms. The summed E-state index contributed by atoms with van der Waals surface area (Å²) in [5.41, 5.74) is -1.44. The number of hydrogen-bond acceptors (Lipinski definition) is 5. The molecule has 112 valence electrons. The molecule has 1 N–H and O–H groups in total. The molecule has 3 rings (SSSR count). The third-order valence-corrected chi connectivity index (χ3v) is 3.87. The van der Waals surface area contributed by atoms with Gasteiger partial charge in [0.1, 0.15) is 6.10 Å². The van der Waals surface area contributed by atoms with Gasteiger partial charge in [-0.25, -0.2) is 9.18 Å². The van der Waals surface area contributed by atoms with E-state index in [2.05, 4.69) is 15.0 Å². The fourth-order valence-corrected chi connectivity index (χ4v) is 2.81. The smallest absolute Gasteiger partial charge is 0.348 e. The first-order valence-electron chi connectivity index (χ1n) is 6.98. The number of pyridine rings is 1. The van der Waals surface area contributed by atoms with E-state index in [-0.39, 0.29) is 18.1 Å². The summed E-state index contributed by atoms with van der Waals surface area (Å²) in [5, 5.41) is 3.12. The van der Waals surface area contributed by atoms with Crippen LogP contribution in [-0.4, -0.2) is 24.6 Å². The first-order chi connectivity index (χ1) is 10.1. The molecule has 0 fully saturated rings. The second-order valence-corrected chi connectivity index (χ2v) is 5.16. The fraction of sp³-hybridized carbons (Fsp3) is 0.467. The van der Waals surface area contributed by atoms with Crippen LogP contribution in [0.2, 0.25) is 0 Å². The lowest BCUT2D eigenvalue weighted by molar-refractivity contribution is -0.157. The number of carbonyl (C=O) groups is 1. The maximum atomic E-state index is 15.0. The fourth-order valence-electron chi connectivity index (χ4n) is 2.81. The Balaban J connectivity index is 1.93. The summed E-state index contributed by atoms with van der Waals surface area (Å²) in [6.07, 6.45) is 4.48. The second-order valence-electron chi connectivity index (χ2n) is 5.16. The first kappa shape index (κ1) is 13.9. The van der Waals surface area contributed by atoms with E-state index in [1.54, 1.807) is 18.3 Å². The van der Waals surface area contributed by atoms with E-state index < -0.39 is 11.6 Å². The average molecular weight is 292 g/mol. The second kappa shape index (κ2) is 5.35. The number of methoxy groups -OCH3 is 1. The van der Waals surface area contributed by atoms with Crippen molar-refractivity contribution in [2.24, 2.45) is 0 Å². The van der Waals surface area contributed by atoms with Crippen LogP contribution >= 0.6 is 0 Å². The van der Waals surface area contributed by atoms with Crippen LogP contribution in [0, 0.1) is 0 Å². The number of fused-ring (bicyclic) bond motifs is 1. The van der Waals surface area contributed by atoms with Crippen molar-refractivity contribution in [3.63, 3.8) is 0 Å². The molecule has 21 heavy (non-hydrogen) atoms. The van der Waals surface area contributed by atoms with Crippen molar-refractivity contribution in [2.45, 2.75) is 31.0 Å². The lowest BCUT2D eigenvalue weighted by Gasteiger charge is -2.33. The van der Waals surface area contributed by atoms with E-state index in [0.29, 0.717) is 18.0 Å². The molecule has 0 unspecified atom stereocenters. The van der Waals surface area contributed by atoms with Crippen molar-refractivity contribution in [2.75, 3.05) is 13.7 Å². The predicted octanol–water partition coefficient (Wildman–Crippen LogP) is 2.11. The van der Waals surface area contributed by atoms with Crippen LogP contribution in [0.4, 0.5) is 4.39 Å². The highest BCUT2D eigenvalue weighted by atomic mass is 19.1.